The molecule has 5 nitrogen and oxygen atoms in total. The highest BCUT2D eigenvalue weighted by atomic mass is 35.5. The molecular weight excluding hydrogens is 397 g/mol. The number of aliphatic hydroxyl groups is 1. The molecule has 4 atom stereocenters. The van der Waals surface area contributed by atoms with Crippen LogP contribution in [0.2, 0.25) is 0 Å². The number of rotatable bonds is 4. The lowest BCUT2D eigenvalue weighted by molar-refractivity contribution is -0.135. The quantitative estimate of drug-likeness (QED) is 0.771. The Balaban J connectivity index is 0.00000140. The highest BCUT2D eigenvalue weighted by Gasteiger charge is 2.40. The summed E-state index contributed by atoms with van der Waals surface area (Å²) in [4.78, 5) is 17.2. The van der Waals surface area contributed by atoms with Gasteiger partial charge in [-0.15, -0.1) is 24.8 Å². The molecule has 2 aliphatic heterocycles. The smallest absolute Gasteiger partial charge is 0.239 e. The maximum atomic E-state index is 12.9. The predicted octanol–water partition coefficient (Wildman–Crippen LogP) is 2.63. The van der Waals surface area contributed by atoms with E-state index in [2.05, 4.69) is 10.2 Å². The fourth-order valence-corrected chi connectivity index (χ4v) is 4.91. The van der Waals surface area contributed by atoms with Crippen molar-refractivity contribution >= 4 is 30.7 Å². The van der Waals surface area contributed by atoms with Gasteiger partial charge in [-0.2, -0.15) is 0 Å². The number of β-amino-alcohol motifs (C(OH)–C–C–N with tert-alkyl or cyclic N) is 1. The SMILES string of the molecule is Cl.Cl.O=C(C1CC2CCCCC2N1)N1CCN(CC(O)c2ccccc2)CC1. The summed E-state index contributed by atoms with van der Waals surface area (Å²) in [5.74, 6) is 1.00. The van der Waals surface area contributed by atoms with E-state index < -0.39 is 6.10 Å². The summed E-state index contributed by atoms with van der Waals surface area (Å²) in [7, 11) is 0. The predicted molar refractivity (Wildman–Crippen MR) is 116 cm³/mol. The van der Waals surface area contributed by atoms with Gasteiger partial charge in [0.25, 0.3) is 0 Å². The summed E-state index contributed by atoms with van der Waals surface area (Å²) < 4.78 is 0. The molecule has 0 radical (unpaired) electrons. The number of hydrogen-bond acceptors (Lipinski definition) is 4. The van der Waals surface area contributed by atoms with Gasteiger partial charge in [0.15, 0.2) is 0 Å². The molecule has 0 aromatic heterocycles. The van der Waals surface area contributed by atoms with Crippen molar-refractivity contribution in [3.05, 3.63) is 35.9 Å². The van der Waals surface area contributed by atoms with Crippen LogP contribution in [0, 0.1) is 5.92 Å². The standard InChI is InChI=1S/C21H31N3O2.2ClH/c25-20(16-6-2-1-3-7-16)15-23-10-12-24(13-11-23)21(26)19-14-17-8-4-5-9-18(17)22-19;;/h1-3,6-7,17-20,22,25H,4-5,8-15H2;2*1H. The van der Waals surface area contributed by atoms with E-state index in [0.717, 1.165) is 38.2 Å². The molecule has 4 rings (SSSR count). The number of piperazine rings is 1. The van der Waals surface area contributed by atoms with E-state index >= 15 is 0 Å². The molecule has 28 heavy (non-hydrogen) atoms. The Kier molecular flexibility index (Phi) is 9.03. The van der Waals surface area contributed by atoms with Crippen molar-refractivity contribution in [3.8, 4) is 0 Å². The Hall–Kier alpha value is -0.850. The second-order valence-electron chi connectivity index (χ2n) is 8.16. The van der Waals surface area contributed by atoms with Crippen molar-refractivity contribution in [2.24, 2.45) is 5.92 Å². The number of carbonyl (C=O) groups is 1. The van der Waals surface area contributed by atoms with E-state index in [4.69, 9.17) is 0 Å². The average Bonchev–Trinajstić information content (AvgIpc) is 3.13. The third-order valence-corrected chi connectivity index (χ3v) is 6.46. The summed E-state index contributed by atoms with van der Waals surface area (Å²) in [5, 5.41) is 14.0. The number of benzene rings is 1. The summed E-state index contributed by atoms with van der Waals surface area (Å²) in [6.45, 7) is 3.87. The number of nitrogens with zero attached hydrogens (tertiary/aromatic N) is 2. The van der Waals surface area contributed by atoms with Crippen molar-refractivity contribution < 1.29 is 9.90 Å². The van der Waals surface area contributed by atoms with Crippen molar-refractivity contribution in [1.29, 1.82) is 0 Å². The largest absolute Gasteiger partial charge is 0.387 e. The second kappa shape index (κ2) is 10.8. The van der Waals surface area contributed by atoms with Gasteiger partial charge in [0.1, 0.15) is 0 Å². The van der Waals surface area contributed by atoms with Gasteiger partial charge in [0.05, 0.1) is 12.1 Å². The highest BCUT2D eigenvalue weighted by molar-refractivity contribution is 5.85. The maximum Gasteiger partial charge on any atom is 0.239 e. The highest BCUT2D eigenvalue weighted by Crippen LogP contribution is 2.33. The first kappa shape index (κ1) is 23.4. The van der Waals surface area contributed by atoms with Crippen LogP contribution in [0.1, 0.15) is 43.8 Å². The zero-order valence-corrected chi connectivity index (χ0v) is 18.0. The van der Waals surface area contributed by atoms with E-state index in [1.54, 1.807) is 0 Å². The van der Waals surface area contributed by atoms with Gasteiger partial charge in [0.2, 0.25) is 5.91 Å². The van der Waals surface area contributed by atoms with Crippen LogP contribution in [0.25, 0.3) is 0 Å². The molecule has 1 amide bonds. The van der Waals surface area contributed by atoms with Crippen LogP contribution in [0.3, 0.4) is 0 Å². The number of halogens is 2. The zero-order chi connectivity index (χ0) is 17.9. The number of nitrogens with one attached hydrogen (secondary N) is 1. The van der Waals surface area contributed by atoms with Crippen LogP contribution in [0.5, 0.6) is 0 Å². The maximum absolute atomic E-state index is 12.9. The third-order valence-electron chi connectivity index (χ3n) is 6.46. The molecule has 3 aliphatic rings. The molecule has 1 aromatic carbocycles. The first-order valence-electron chi connectivity index (χ1n) is 10.2. The van der Waals surface area contributed by atoms with E-state index in [-0.39, 0.29) is 30.9 Å². The fraction of sp³-hybridized carbons (Fsp3) is 0.667. The van der Waals surface area contributed by atoms with Crippen LogP contribution in [-0.4, -0.2) is 65.6 Å². The van der Waals surface area contributed by atoms with E-state index in [9.17, 15) is 9.90 Å². The van der Waals surface area contributed by atoms with E-state index in [1.165, 1.54) is 25.7 Å². The summed E-state index contributed by atoms with van der Waals surface area (Å²) in [5.41, 5.74) is 0.962. The molecule has 7 heteroatoms. The Labute approximate surface area is 180 Å². The molecule has 4 unspecified atom stereocenters. The van der Waals surface area contributed by atoms with Crippen molar-refractivity contribution in [2.75, 3.05) is 32.7 Å². The van der Waals surface area contributed by atoms with Crippen LogP contribution in [0.15, 0.2) is 30.3 Å². The first-order chi connectivity index (χ1) is 12.7. The molecule has 1 aliphatic carbocycles. The Morgan fingerprint density at radius 3 is 2.43 bits per heavy atom. The van der Waals surface area contributed by atoms with E-state index in [0.29, 0.717) is 24.4 Å². The Morgan fingerprint density at radius 2 is 1.75 bits per heavy atom. The fourth-order valence-electron chi connectivity index (χ4n) is 4.91. The van der Waals surface area contributed by atoms with Gasteiger partial charge < -0.3 is 15.3 Å². The van der Waals surface area contributed by atoms with Crippen molar-refractivity contribution in [1.82, 2.24) is 15.1 Å². The molecule has 2 saturated heterocycles. The number of amides is 1. The minimum Gasteiger partial charge on any atom is -0.387 e. The van der Waals surface area contributed by atoms with Gasteiger partial charge in [-0.25, -0.2) is 0 Å². The van der Waals surface area contributed by atoms with Gasteiger partial charge in [-0.3, -0.25) is 9.69 Å². The van der Waals surface area contributed by atoms with E-state index in [1.807, 2.05) is 35.2 Å². The summed E-state index contributed by atoms with van der Waals surface area (Å²) in [6.07, 6.45) is 5.71. The molecule has 158 valence electrons. The van der Waals surface area contributed by atoms with Gasteiger partial charge in [-0.05, 0) is 30.7 Å². The lowest BCUT2D eigenvalue weighted by Gasteiger charge is -2.36. The normalized spacial score (nSPS) is 28.6. The second-order valence-corrected chi connectivity index (χ2v) is 8.16. The van der Waals surface area contributed by atoms with Crippen molar-refractivity contribution in [3.63, 3.8) is 0 Å². The number of aliphatic hydroxyl groups excluding tert-OH is 1. The Bertz CT molecular complexity index is 597. The van der Waals surface area contributed by atoms with Gasteiger partial charge in [0, 0.05) is 38.8 Å². The molecule has 0 bridgehead atoms. The van der Waals surface area contributed by atoms with Crippen LogP contribution in [0.4, 0.5) is 0 Å². The number of fused-ring (bicyclic) bond motifs is 1. The molecule has 1 saturated carbocycles. The van der Waals surface area contributed by atoms with Crippen molar-refractivity contribution in [2.45, 2.75) is 50.3 Å². The minimum atomic E-state index is -0.460. The molecule has 2 heterocycles. The lowest BCUT2D eigenvalue weighted by Crippen LogP contribution is -2.54. The van der Waals surface area contributed by atoms with Crippen LogP contribution < -0.4 is 5.32 Å². The molecule has 0 spiro atoms. The summed E-state index contributed by atoms with van der Waals surface area (Å²) >= 11 is 0. The average molecular weight is 430 g/mol. The van der Waals surface area contributed by atoms with Gasteiger partial charge >= 0.3 is 0 Å². The Morgan fingerprint density at radius 1 is 1.07 bits per heavy atom. The summed E-state index contributed by atoms with van der Waals surface area (Å²) in [6, 6.07) is 10.4. The molecule has 2 N–H and O–H groups in total. The lowest BCUT2D eigenvalue weighted by atomic mass is 9.85. The molecule has 3 fully saturated rings. The molecular formula is C21H33Cl2N3O2. The zero-order valence-electron chi connectivity index (χ0n) is 16.3. The van der Waals surface area contributed by atoms with Gasteiger partial charge in [-0.1, -0.05) is 43.2 Å². The number of carbonyl (C=O) groups excluding carboxylic acids is 1. The third kappa shape index (κ3) is 5.39. The monoisotopic (exact) mass is 429 g/mol. The minimum absolute atomic E-state index is 0. The first-order valence-corrected chi connectivity index (χ1v) is 10.2. The topological polar surface area (TPSA) is 55.8 Å². The van der Waals surface area contributed by atoms with Crippen LogP contribution in [-0.2, 0) is 4.79 Å². The van der Waals surface area contributed by atoms with Crippen LogP contribution >= 0.6 is 24.8 Å². The number of hydrogen-bond donors (Lipinski definition) is 2. The molecule has 1 aromatic rings.